The second-order valence-electron chi connectivity index (χ2n) is 5.72. The summed E-state index contributed by atoms with van der Waals surface area (Å²) in [5.41, 5.74) is 4.90. The number of hydrogen-bond acceptors (Lipinski definition) is 1. The maximum atomic E-state index is 10.6. The Kier molecular flexibility index (Phi) is 3.16. The fourth-order valence-corrected chi connectivity index (χ4v) is 3.04. The molecule has 2 aromatic rings. The van der Waals surface area contributed by atoms with Gasteiger partial charge in [-0.05, 0) is 48.8 Å². The molecule has 1 aliphatic rings. The largest absolute Gasteiger partial charge is 0.388 e. The molecule has 1 nitrogen and oxygen atoms in total. The second kappa shape index (κ2) is 4.82. The van der Waals surface area contributed by atoms with Crippen LogP contribution in [0.3, 0.4) is 0 Å². The van der Waals surface area contributed by atoms with E-state index < -0.39 is 0 Å². The highest BCUT2D eigenvalue weighted by Crippen LogP contribution is 2.54. The Morgan fingerprint density at radius 1 is 1.05 bits per heavy atom. The molecule has 0 aromatic heterocycles. The number of rotatable bonds is 3. The van der Waals surface area contributed by atoms with Crippen LogP contribution in [-0.4, -0.2) is 5.11 Å². The first-order valence-corrected chi connectivity index (χ1v) is 6.97. The van der Waals surface area contributed by atoms with Crippen molar-refractivity contribution in [2.75, 3.05) is 0 Å². The lowest BCUT2D eigenvalue weighted by atomic mass is 9.96. The van der Waals surface area contributed by atoms with Crippen LogP contribution in [0.25, 0.3) is 0 Å². The van der Waals surface area contributed by atoms with Crippen molar-refractivity contribution in [2.24, 2.45) is 5.92 Å². The van der Waals surface area contributed by atoms with Crippen molar-refractivity contribution in [1.82, 2.24) is 0 Å². The maximum Gasteiger partial charge on any atom is 0.0826 e. The average molecular weight is 252 g/mol. The topological polar surface area (TPSA) is 20.2 Å². The van der Waals surface area contributed by atoms with E-state index in [-0.39, 0.29) is 6.10 Å². The van der Waals surface area contributed by atoms with E-state index in [2.05, 4.69) is 56.3 Å². The first kappa shape index (κ1) is 12.4. The van der Waals surface area contributed by atoms with Crippen molar-refractivity contribution in [1.29, 1.82) is 0 Å². The third-order valence-corrected chi connectivity index (χ3v) is 4.22. The smallest absolute Gasteiger partial charge is 0.0826 e. The van der Waals surface area contributed by atoms with E-state index in [0.29, 0.717) is 11.8 Å². The summed E-state index contributed by atoms with van der Waals surface area (Å²) >= 11 is 0. The van der Waals surface area contributed by atoms with E-state index in [9.17, 15) is 5.11 Å². The standard InChI is InChI=1S/C18H20O/c1-12-8-9-15(13(2)10-12)18(19)17-11-16(17)14-6-4-3-5-7-14/h3-10,16-19H,11H2,1-2H3. The minimum absolute atomic E-state index is 0.328. The van der Waals surface area contributed by atoms with Gasteiger partial charge in [0.15, 0.2) is 0 Å². The molecule has 2 aromatic carbocycles. The van der Waals surface area contributed by atoms with Gasteiger partial charge in [-0.25, -0.2) is 0 Å². The fourth-order valence-electron chi connectivity index (χ4n) is 3.04. The maximum absolute atomic E-state index is 10.6. The van der Waals surface area contributed by atoms with Gasteiger partial charge in [0.2, 0.25) is 0 Å². The molecular formula is C18H20O. The van der Waals surface area contributed by atoms with E-state index in [4.69, 9.17) is 0 Å². The molecule has 0 bridgehead atoms. The highest BCUT2D eigenvalue weighted by Gasteiger charge is 2.43. The van der Waals surface area contributed by atoms with Crippen LogP contribution in [0.15, 0.2) is 48.5 Å². The van der Waals surface area contributed by atoms with Gasteiger partial charge in [-0.2, -0.15) is 0 Å². The van der Waals surface area contributed by atoms with Gasteiger partial charge >= 0.3 is 0 Å². The summed E-state index contributed by atoms with van der Waals surface area (Å²) in [6.07, 6.45) is 0.768. The Morgan fingerprint density at radius 3 is 2.47 bits per heavy atom. The summed E-state index contributed by atoms with van der Waals surface area (Å²) in [7, 11) is 0. The molecule has 1 aliphatic carbocycles. The van der Waals surface area contributed by atoms with E-state index in [0.717, 1.165) is 12.0 Å². The van der Waals surface area contributed by atoms with Crippen LogP contribution >= 0.6 is 0 Å². The SMILES string of the molecule is Cc1ccc(C(O)C2CC2c2ccccc2)c(C)c1. The lowest BCUT2D eigenvalue weighted by molar-refractivity contribution is 0.150. The lowest BCUT2D eigenvalue weighted by Gasteiger charge is -2.14. The van der Waals surface area contributed by atoms with Crippen LogP contribution in [0.5, 0.6) is 0 Å². The molecule has 0 aliphatic heterocycles. The molecule has 1 fully saturated rings. The number of aliphatic hydroxyl groups excluding tert-OH is 1. The zero-order chi connectivity index (χ0) is 13.4. The van der Waals surface area contributed by atoms with Crippen LogP contribution in [-0.2, 0) is 0 Å². The molecule has 0 spiro atoms. The number of hydrogen-bond donors (Lipinski definition) is 1. The van der Waals surface area contributed by atoms with Gasteiger partial charge in [-0.3, -0.25) is 0 Å². The van der Waals surface area contributed by atoms with Crippen LogP contribution in [0.1, 0.15) is 40.7 Å². The molecule has 0 heterocycles. The van der Waals surface area contributed by atoms with E-state index in [1.807, 2.05) is 6.07 Å². The zero-order valence-corrected chi connectivity index (χ0v) is 11.5. The first-order valence-electron chi connectivity index (χ1n) is 6.97. The normalized spacial score (nSPS) is 23.1. The summed E-state index contributed by atoms with van der Waals surface area (Å²) in [4.78, 5) is 0. The molecule has 98 valence electrons. The molecule has 0 saturated heterocycles. The van der Waals surface area contributed by atoms with Crippen LogP contribution in [0.2, 0.25) is 0 Å². The van der Waals surface area contributed by atoms with E-state index >= 15 is 0 Å². The minimum atomic E-state index is -0.328. The van der Waals surface area contributed by atoms with Crippen molar-refractivity contribution in [2.45, 2.75) is 32.3 Å². The molecular weight excluding hydrogens is 232 g/mol. The minimum Gasteiger partial charge on any atom is -0.388 e. The highest BCUT2D eigenvalue weighted by atomic mass is 16.3. The Balaban J connectivity index is 1.78. The molecule has 3 rings (SSSR count). The molecule has 1 heteroatoms. The van der Waals surface area contributed by atoms with Crippen molar-refractivity contribution in [3.05, 3.63) is 70.8 Å². The third-order valence-electron chi connectivity index (χ3n) is 4.22. The van der Waals surface area contributed by atoms with Crippen LogP contribution < -0.4 is 0 Å². The predicted octanol–water partition coefficient (Wildman–Crippen LogP) is 4.14. The summed E-state index contributed by atoms with van der Waals surface area (Å²) in [5.74, 6) is 0.903. The molecule has 1 saturated carbocycles. The monoisotopic (exact) mass is 252 g/mol. The number of aliphatic hydroxyl groups is 1. The Bertz CT molecular complexity index is 573. The summed E-state index contributed by atoms with van der Waals surface area (Å²) in [5, 5.41) is 10.6. The third kappa shape index (κ3) is 2.43. The quantitative estimate of drug-likeness (QED) is 0.870. The zero-order valence-electron chi connectivity index (χ0n) is 11.5. The summed E-state index contributed by atoms with van der Waals surface area (Å²) < 4.78 is 0. The van der Waals surface area contributed by atoms with Gasteiger partial charge in [0.05, 0.1) is 6.10 Å². The van der Waals surface area contributed by atoms with Crippen LogP contribution in [0.4, 0.5) is 0 Å². The Labute approximate surface area is 114 Å². The van der Waals surface area contributed by atoms with Crippen molar-refractivity contribution < 1.29 is 5.11 Å². The predicted molar refractivity (Wildman–Crippen MR) is 78.2 cm³/mol. The molecule has 3 atom stereocenters. The Morgan fingerprint density at radius 2 is 1.79 bits per heavy atom. The van der Waals surface area contributed by atoms with Crippen molar-refractivity contribution in [3.8, 4) is 0 Å². The van der Waals surface area contributed by atoms with Crippen LogP contribution in [0, 0.1) is 19.8 Å². The number of aryl methyl sites for hydroxylation is 2. The van der Waals surface area contributed by atoms with Gasteiger partial charge in [0, 0.05) is 0 Å². The average Bonchev–Trinajstić information content (AvgIpc) is 3.19. The summed E-state index contributed by atoms with van der Waals surface area (Å²) in [6, 6.07) is 16.8. The second-order valence-corrected chi connectivity index (χ2v) is 5.72. The van der Waals surface area contributed by atoms with Gasteiger partial charge in [-0.15, -0.1) is 0 Å². The first-order chi connectivity index (χ1) is 9.16. The van der Waals surface area contributed by atoms with Crippen molar-refractivity contribution in [3.63, 3.8) is 0 Å². The molecule has 19 heavy (non-hydrogen) atoms. The van der Waals surface area contributed by atoms with E-state index in [1.54, 1.807) is 0 Å². The van der Waals surface area contributed by atoms with Gasteiger partial charge in [0.25, 0.3) is 0 Å². The van der Waals surface area contributed by atoms with Gasteiger partial charge < -0.3 is 5.11 Å². The molecule has 3 unspecified atom stereocenters. The lowest BCUT2D eigenvalue weighted by Crippen LogP contribution is -2.03. The summed E-state index contributed by atoms with van der Waals surface area (Å²) in [6.45, 7) is 4.18. The fraction of sp³-hybridized carbons (Fsp3) is 0.333. The van der Waals surface area contributed by atoms with Gasteiger partial charge in [-0.1, -0.05) is 54.1 Å². The van der Waals surface area contributed by atoms with Gasteiger partial charge in [0.1, 0.15) is 0 Å². The van der Waals surface area contributed by atoms with E-state index in [1.165, 1.54) is 16.7 Å². The number of benzene rings is 2. The molecule has 0 radical (unpaired) electrons. The molecule has 0 amide bonds. The molecule has 1 N–H and O–H groups in total. The Hall–Kier alpha value is -1.60. The highest BCUT2D eigenvalue weighted by molar-refractivity contribution is 5.35. The van der Waals surface area contributed by atoms with Crippen molar-refractivity contribution >= 4 is 0 Å².